The lowest BCUT2D eigenvalue weighted by Crippen LogP contribution is -2.50. The molecule has 0 saturated carbocycles. The summed E-state index contributed by atoms with van der Waals surface area (Å²) >= 11 is 0. The van der Waals surface area contributed by atoms with Crippen LogP contribution in [0.5, 0.6) is 0 Å². The summed E-state index contributed by atoms with van der Waals surface area (Å²) in [7, 11) is -4.36. The Labute approximate surface area is 172 Å². The van der Waals surface area contributed by atoms with Crippen LogP contribution in [0, 0.1) is 28.8 Å². The highest BCUT2D eigenvalue weighted by Crippen LogP contribution is 2.24. The number of sulfonamides is 1. The van der Waals surface area contributed by atoms with Crippen molar-refractivity contribution < 1.29 is 26.4 Å². The van der Waals surface area contributed by atoms with E-state index in [0.717, 1.165) is 9.87 Å². The van der Waals surface area contributed by atoms with Gasteiger partial charge in [-0.2, -0.15) is 9.57 Å². The number of piperazine rings is 1. The van der Waals surface area contributed by atoms with Gasteiger partial charge in [0.25, 0.3) is 0 Å². The Hall–Kier alpha value is -2.90. The minimum absolute atomic E-state index is 0.0800. The Morgan fingerprint density at radius 1 is 0.967 bits per heavy atom. The standard InChI is InChI=1S/C20H18F3N3O3S/c21-16-6-7-17(20(23)19(16)22)30(28,29)26-11-9-25(10-12-26)18(27)8-5-14-1-3-15(13-24)4-2-14/h1-4,6-7H,5,8-12H2. The number of carbonyl (C=O) groups is 1. The molecule has 0 atom stereocenters. The van der Waals surface area contributed by atoms with Crippen molar-refractivity contribution >= 4 is 15.9 Å². The van der Waals surface area contributed by atoms with Crippen molar-refractivity contribution in [2.24, 2.45) is 0 Å². The van der Waals surface area contributed by atoms with Crippen LogP contribution in [-0.4, -0.2) is 49.7 Å². The monoisotopic (exact) mass is 437 g/mol. The van der Waals surface area contributed by atoms with E-state index in [4.69, 9.17) is 5.26 Å². The molecule has 1 heterocycles. The van der Waals surface area contributed by atoms with Crippen LogP contribution in [0.4, 0.5) is 13.2 Å². The topological polar surface area (TPSA) is 81.5 Å². The van der Waals surface area contributed by atoms with E-state index in [2.05, 4.69) is 0 Å². The third-order valence-electron chi connectivity index (χ3n) is 4.92. The summed E-state index contributed by atoms with van der Waals surface area (Å²) in [5.74, 6) is -5.22. The lowest BCUT2D eigenvalue weighted by molar-refractivity contribution is -0.132. The minimum atomic E-state index is -4.36. The van der Waals surface area contributed by atoms with Crippen LogP contribution in [0.25, 0.3) is 0 Å². The van der Waals surface area contributed by atoms with E-state index in [1.54, 1.807) is 24.3 Å². The minimum Gasteiger partial charge on any atom is -0.340 e. The third-order valence-corrected chi connectivity index (χ3v) is 6.84. The molecule has 0 N–H and O–H groups in total. The maximum absolute atomic E-state index is 13.9. The predicted octanol–water partition coefficient (Wildman–Crippen LogP) is 2.44. The van der Waals surface area contributed by atoms with E-state index in [9.17, 15) is 26.4 Å². The zero-order valence-corrected chi connectivity index (χ0v) is 16.6. The quantitative estimate of drug-likeness (QED) is 0.673. The number of hydrogen-bond acceptors (Lipinski definition) is 4. The van der Waals surface area contributed by atoms with Crippen LogP contribution in [0.2, 0.25) is 0 Å². The number of rotatable bonds is 5. The zero-order chi connectivity index (χ0) is 21.9. The van der Waals surface area contributed by atoms with Gasteiger partial charge in [0.05, 0.1) is 11.6 Å². The number of aryl methyl sites for hydroxylation is 1. The first kappa shape index (κ1) is 21.8. The van der Waals surface area contributed by atoms with Crippen molar-refractivity contribution in [3.8, 4) is 6.07 Å². The van der Waals surface area contributed by atoms with Gasteiger partial charge in [0.1, 0.15) is 4.90 Å². The molecule has 2 aromatic rings. The lowest BCUT2D eigenvalue weighted by atomic mass is 10.1. The first-order valence-corrected chi connectivity index (χ1v) is 10.6. The van der Waals surface area contributed by atoms with Crippen LogP contribution in [0.1, 0.15) is 17.5 Å². The number of nitrogens with zero attached hydrogens (tertiary/aromatic N) is 3. The van der Waals surface area contributed by atoms with Crippen molar-refractivity contribution in [2.75, 3.05) is 26.2 Å². The third kappa shape index (κ3) is 4.47. The molecule has 1 amide bonds. The molecule has 0 unspecified atom stereocenters. The predicted molar refractivity (Wildman–Crippen MR) is 101 cm³/mol. The average molecular weight is 437 g/mol. The van der Waals surface area contributed by atoms with Crippen molar-refractivity contribution in [1.82, 2.24) is 9.21 Å². The summed E-state index contributed by atoms with van der Waals surface area (Å²) in [5.41, 5.74) is 1.43. The molecule has 1 aliphatic rings. The second-order valence-electron chi connectivity index (χ2n) is 6.77. The van der Waals surface area contributed by atoms with Gasteiger partial charge in [-0.1, -0.05) is 12.1 Å². The van der Waals surface area contributed by atoms with E-state index < -0.39 is 32.4 Å². The molecular formula is C20H18F3N3O3S. The number of amides is 1. The zero-order valence-electron chi connectivity index (χ0n) is 15.8. The summed E-state index contributed by atoms with van der Waals surface area (Å²) in [5, 5.41) is 8.80. The molecule has 1 saturated heterocycles. The summed E-state index contributed by atoms with van der Waals surface area (Å²) in [6, 6.07) is 10.1. The summed E-state index contributed by atoms with van der Waals surface area (Å²) < 4.78 is 66.5. The molecule has 3 rings (SSSR count). The second kappa shape index (κ2) is 8.85. The van der Waals surface area contributed by atoms with Crippen LogP contribution < -0.4 is 0 Å². The maximum Gasteiger partial charge on any atom is 0.246 e. The molecule has 158 valence electrons. The molecule has 2 aromatic carbocycles. The van der Waals surface area contributed by atoms with Crippen LogP contribution in [0.3, 0.4) is 0 Å². The van der Waals surface area contributed by atoms with E-state index >= 15 is 0 Å². The first-order valence-electron chi connectivity index (χ1n) is 9.14. The average Bonchev–Trinajstić information content (AvgIpc) is 2.76. The first-order chi connectivity index (χ1) is 14.2. The number of nitriles is 1. The smallest absolute Gasteiger partial charge is 0.246 e. The molecule has 1 fully saturated rings. The van der Waals surface area contributed by atoms with Crippen molar-refractivity contribution in [3.63, 3.8) is 0 Å². The number of carbonyl (C=O) groups excluding carboxylic acids is 1. The van der Waals surface area contributed by atoms with Gasteiger partial charge in [-0.3, -0.25) is 4.79 Å². The fourth-order valence-electron chi connectivity index (χ4n) is 3.18. The van der Waals surface area contributed by atoms with E-state index in [0.29, 0.717) is 24.1 Å². The van der Waals surface area contributed by atoms with E-state index in [-0.39, 0.29) is 38.5 Å². The second-order valence-corrected chi connectivity index (χ2v) is 8.67. The molecule has 30 heavy (non-hydrogen) atoms. The molecule has 0 radical (unpaired) electrons. The number of halogens is 3. The molecule has 0 aromatic heterocycles. The van der Waals surface area contributed by atoms with Gasteiger partial charge >= 0.3 is 0 Å². The highest BCUT2D eigenvalue weighted by Gasteiger charge is 2.33. The van der Waals surface area contributed by atoms with Crippen LogP contribution >= 0.6 is 0 Å². The van der Waals surface area contributed by atoms with Gasteiger partial charge in [0, 0.05) is 32.6 Å². The van der Waals surface area contributed by atoms with Gasteiger partial charge in [0.2, 0.25) is 15.9 Å². The highest BCUT2D eigenvalue weighted by atomic mass is 32.2. The summed E-state index contributed by atoms with van der Waals surface area (Å²) in [4.78, 5) is 13.0. The Morgan fingerprint density at radius 2 is 1.60 bits per heavy atom. The number of hydrogen-bond donors (Lipinski definition) is 0. The molecule has 1 aliphatic heterocycles. The van der Waals surface area contributed by atoms with Gasteiger partial charge in [0.15, 0.2) is 17.5 Å². The molecule has 0 spiro atoms. The normalized spacial score (nSPS) is 15.1. The van der Waals surface area contributed by atoms with Crippen molar-refractivity contribution in [1.29, 1.82) is 5.26 Å². The van der Waals surface area contributed by atoms with Crippen molar-refractivity contribution in [3.05, 3.63) is 65.0 Å². The van der Waals surface area contributed by atoms with Gasteiger partial charge in [-0.15, -0.1) is 0 Å². The molecular weight excluding hydrogens is 419 g/mol. The SMILES string of the molecule is N#Cc1ccc(CCC(=O)N2CCN(S(=O)(=O)c3ccc(F)c(F)c3F)CC2)cc1. The molecule has 10 heteroatoms. The molecule has 0 aliphatic carbocycles. The Bertz CT molecular complexity index is 1090. The van der Waals surface area contributed by atoms with Crippen LogP contribution in [0.15, 0.2) is 41.3 Å². The van der Waals surface area contributed by atoms with Gasteiger partial charge in [-0.05, 0) is 36.2 Å². The largest absolute Gasteiger partial charge is 0.340 e. The Balaban J connectivity index is 1.59. The van der Waals surface area contributed by atoms with Crippen molar-refractivity contribution in [2.45, 2.75) is 17.7 Å². The molecule has 6 nitrogen and oxygen atoms in total. The maximum atomic E-state index is 13.9. The fourth-order valence-corrected chi connectivity index (χ4v) is 4.66. The molecule has 0 bridgehead atoms. The van der Waals surface area contributed by atoms with E-state index in [1.807, 2.05) is 6.07 Å². The Kier molecular flexibility index (Phi) is 6.43. The number of benzene rings is 2. The van der Waals surface area contributed by atoms with Gasteiger partial charge < -0.3 is 4.90 Å². The fraction of sp³-hybridized carbons (Fsp3) is 0.300. The van der Waals surface area contributed by atoms with Crippen LogP contribution in [-0.2, 0) is 21.2 Å². The lowest BCUT2D eigenvalue weighted by Gasteiger charge is -2.34. The Morgan fingerprint density at radius 3 is 2.20 bits per heavy atom. The summed E-state index contributed by atoms with van der Waals surface area (Å²) in [6.07, 6.45) is 0.694. The van der Waals surface area contributed by atoms with Gasteiger partial charge in [-0.25, -0.2) is 21.6 Å². The van der Waals surface area contributed by atoms with E-state index in [1.165, 1.54) is 4.90 Å². The highest BCUT2D eigenvalue weighted by molar-refractivity contribution is 7.89. The summed E-state index contributed by atoms with van der Waals surface area (Å²) in [6.45, 7) is 0.0558.